The summed E-state index contributed by atoms with van der Waals surface area (Å²) in [6.07, 6.45) is 0.348. The van der Waals surface area contributed by atoms with E-state index in [1.165, 1.54) is 11.1 Å². The molecule has 2 aromatic carbocycles. The van der Waals surface area contributed by atoms with E-state index in [0.29, 0.717) is 0 Å². The number of hydrogen-bond donors (Lipinski definition) is 2. The number of rotatable bonds is 4. The normalized spacial score (nSPS) is 14.7. The lowest BCUT2D eigenvalue weighted by molar-refractivity contribution is 0.220. The highest BCUT2D eigenvalue weighted by atomic mass is 16.5. The maximum Gasteiger partial charge on any atom is 0.122 e. The van der Waals surface area contributed by atoms with Crippen molar-refractivity contribution in [1.29, 1.82) is 0 Å². The number of benzene rings is 2. The second kappa shape index (κ2) is 5.65. The molecule has 2 aromatic rings. The molecule has 1 unspecified atom stereocenters. The van der Waals surface area contributed by atoms with Crippen molar-refractivity contribution in [1.82, 2.24) is 5.32 Å². The first-order valence-corrected chi connectivity index (χ1v) is 6.95. The molecule has 0 saturated carbocycles. The Morgan fingerprint density at radius 2 is 1.90 bits per heavy atom. The minimum absolute atomic E-state index is 0.579. The van der Waals surface area contributed by atoms with Gasteiger partial charge in [-0.25, -0.2) is 0 Å². The van der Waals surface area contributed by atoms with Gasteiger partial charge in [0.1, 0.15) is 11.9 Å². The van der Waals surface area contributed by atoms with Crippen LogP contribution in [0.3, 0.4) is 0 Å². The summed E-state index contributed by atoms with van der Waals surface area (Å²) in [5.41, 5.74) is 4.25. The second-order valence-corrected chi connectivity index (χ2v) is 5.14. The maximum absolute atomic E-state index is 10.5. The molecule has 0 aliphatic carbocycles. The molecule has 0 radical (unpaired) electrons. The van der Waals surface area contributed by atoms with Crippen molar-refractivity contribution in [2.75, 3.05) is 13.7 Å². The van der Waals surface area contributed by atoms with E-state index >= 15 is 0 Å². The molecule has 0 bridgehead atoms. The monoisotopic (exact) mass is 269 g/mol. The van der Waals surface area contributed by atoms with Crippen LogP contribution in [-0.4, -0.2) is 18.8 Å². The molecule has 104 valence electrons. The standard InChI is InChI=1S/C17H19NO2/c1-18-11-12-2-4-13(5-3-12)17(19)15-6-7-16-14(10-15)8-9-20-16/h2-7,10,17-19H,8-9,11H2,1H3. The first-order valence-electron chi connectivity index (χ1n) is 6.95. The smallest absolute Gasteiger partial charge is 0.122 e. The summed E-state index contributed by atoms with van der Waals surface area (Å²) in [6.45, 7) is 1.58. The first kappa shape index (κ1) is 13.2. The van der Waals surface area contributed by atoms with Crippen molar-refractivity contribution in [3.8, 4) is 5.75 Å². The summed E-state index contributed by atoms with van der Waals surface area (Å²) >= 11 is 0. The Balaban J connectivity index is 1.82. The Labute approximate surface area is 119 Å². The lowest BCUT2D eigenvalue weighted by Gasteiger charge is -2.13. The van der Waals surface area contributed by atoms with Gasteiger partial charge in [0.15, 0.2) is 0 Å². The second-order valence-electron chi connectivity index (χ2n) is 5.14. The van der Waals surface area contributed by atoms with Crippen molar-refractivity contribution in [3.63, 3.8) is 0 Å². The van der Waals surface area contributed by atoms with Crippen LogP contribution >= 0.6 is 0 Å². The zero-order valence-electron chi connectivity index (χ0n) is 11.6. The molecule has 0 amide bonds. The molecule has 3 nitrogen and oxygen atoms in total. The molecule has 1 aliphatic rings. The molecule has 0 fully saturated rings. The van der Waals surface area contributed by atoms with Crippen molar-refractivity contribution in [2.24, 2.45) is 0 Å². The number of hydrogen-bond acceptors (Lipinski definition) is 3. The topological polar surface area (TPSA) is 41.5 Å². The fraction of sp³-hybridized carbons (Fsp3) is 0.294. The molecule has 1 atom stereocenters. The summed E-state index contributed by atoms with van der Waals surface area (Å²) in [6, 6.07) is 14.0. The molecule has 0 aromatic heterocycles. The van der Waals surface area contributed by atoms with Gasteiger partial charge in [-0.1, -0.05) is 30.3 Å². The number of nitrogens with one attached hydrogen (secondary N) is 1. The minimum Gasteiger partial charge on any atom is -0.493 e. The number of aliphatic hydroxyl groups excluding tert-OH is 1. The highest BCUT2D eigenvalue weighted by Crippen LogP contribution is 2.30. The fourth-order valence-electron chi connectivity index (χ4n) is 2.59. The van der Waals surface area contributed by atoms with E-state index in [1.807, 2.05) is 43.4 Å². The van der Waals surface area contributed by atoms with E-state index in [4.69, 9.17) is 4.74 Å². The molecule has 0 spiro atoms. The van der Waals surface area contributed by atoms with Gasteiger partial charge in [-0.3, -0.25) is 0 Å². The average molecular weight is 269 g/mol. The van der Waals surface area contributed by atoms with Crippen molar-refractivity contribution in [2.45, 2.75) is 19.1 Å². The lowest BCUT2D eigenvalue weighted by Crippen LogP contribution is -2.05. The van der Waals surface area contributed by atoms with Crippen molar-refractivity contribution < 1.29 is 9.84 Å². The largest absolute Gasteiger partial charge is 0.493 e. The van der Waals surface area contributed by atoms with Crippen LogP contribution in [0, 0.1) is 0 Å². The van der Waals surface area contributed by atoms with Gasteiger partial charge in [-0.05, 0) is 41.4 Å². The van der Waals surface area contributed by atoms with Gasteiger partial charge in [-0.2, -0.15) is 0 Å². The highest BCUT2D eigenvalue weighted by molar-refractivity contribution is 5.42. The minimum atomic E-state index is -0.579. The zero-order chi connectivity index (χ0) is 13.9. The zero-order valence-corrected chi connectivity index (χ0v) is 11.6. The molecule has 2 N–H and O–H groups in total. The molecule has 3 heteroatoms. The molecular weight excluding hydrogens is 250 g/mol. The Kier molecular flexibility index (Phi) is 3.72. The third kappa shape index (κ3) is 2.55. The van der Waals surface area contributed by atoms with E-state index in [1.54, 1.807) is 0 Å². The Morgan fingerprint density at radius 3 is 2.65 bits per heavy atom. The maximum atomic E-state index is 10.5. The van der Waals surface area contributed by atoms with E-state index in [-0.39, 0.29) is 0 Å². The molecule has 1 aliphatic heterocycles. The molecule has 20 heavy (non-hydrogen) atoms. The van der Waals surface area contributed by atoms with Crippen LogP contribution in [0.4, 0.5) is 0 Å². The van der Waals surface area contributed by atoms with Gasteiger partial charge < -0.3 is 15.2 Å². The number of ether oxygens (including phenoxy) is 1. The van der Waals surface area contributed by atoms with Crippen LogP contribution in [0.15, 0.2) is 42.5 Å². The van der Waals surface area contributed by atoms with Gasteiger partial charge >= 0.3 is 0 Å². The van der Waals surface area contributed by atoms with E-state index < -0.39 is 6.10 Å². The SMILES string of the molecule is CNCc1ccc(C(O)c2ccc3c(c2)CCO3)cc1. The molecule has 3 rings (SSSR count). The molecule has 0 saturated heterocycles. The first-order chi connectivity index (χ1) is 9.78. The molecule has 1 heterocycles. The van der Waals surface area contributed by atoms with Gasteiger partial charge in [-0.15, -0.1) is 0 Å². The average Bonchev–Trinajstić information content (AvgIpc) is 2.95. The number of aliphatic hydroxyl groups is 1. The lowest BCUT2D eigenvalue weighted by atomic mass is 9.98. The van der Waals surface area contributed by atoms with Crippen LogP contribution in [-0.2, 0) is 13.0 Å². The summed E-state index contributed by atoms with van der Waals surface area (Å²) in [5, 5.41) is 13.6. The van der Waals surface area contributed by atoms with Gasteiger partial charge in [0.25, 0.3) is 0 Å². The highest BCUT2D eigenvalue weighted by Gasteiger charge is 2.16. The van der Waals surface area contributed by atoms with E-state index in [9.17, 15) is 5.11 Å². The third-order valence-electron chi connectivity index (χ3n) is 3.71. The van der Waals surface area contributed by atoms with Crippen LogP contribution in [0.2, 0.25) is 0 Å². The Bertz CT molecular complexity index is 592. The van der Waals surface area contributed by atoms with Crippen molar-refractivity contribution in [3.05, 3.63) is 64.7 Å². The van der Waals surface area contributed by atoms with Gasteiger partial charge in [0.2, 0.25) is 0 Å². The number of fused-ring (bicyclic) bond motifs is 1. The quantitative estimate of drug-likeness (QED) is 0.895. The Hall–Kier alpha value is -1.84. The van der Waals surface area contributed by atoms with E-state index in [2.05, 4.69) is 11.4 Å². The van der Waals surface area contributed by atoms with Crippen LogP contribution in [0.1, 0.15) is 28.4 Å². The van der Waals surface area contributed by atoms with Gasteiger partial charge in [0.05, 0.1) is 6.61 Å². The summed E-state index contributed by atoms with van der Waals surface area (Å²) < 4.78 is 5.49. The summed E-state index contributed by atoms with van der Waals surface area (Å²) in [4.78, 5) is 0. The fourth-order valence-corrected chi connectivity index (χ4v) is 2.59. The van der Waals surface area contributed by atoms with Crippen molar-refractivity contribution >= 4 is 0 Å². The van der Waals surface area contributed by atoms with Crippen LogP contribution in [0.5, 0.6) is 5.75 Å². The predicted molar refractivity (Wildman–Crippen MR) is 78.9 cm³/mol. The van der Waals surface area contributed by atoms with Gasteiger partial charge in [0, 0.05) is 13.0 Å². The van der Waals surface area contributed by atoms with Crippen LogP contribution < -0.4 is 10.1 Å². The summed E-state index contributed by atoms with van der Waals surface area (Å²) in [7, 11) is 1.93. The third-order valence-corrected chi connectivity index (χ3v) is 3.71. The molecular formula is C17H19NO2. The predicted octanol–water partition coefficient (Wildman–Crippen LogP) is 2.42. The summed E-state index contributed by atoms with van der Waals surface area (Å²) in [5.74, 6) is 0.949. The van der Waals surface area contributed by atoms with Crippen LogP contribution in [0.25, 0.3) is 0 Å². The van der Waals surface area contributed by atoms with E-state index in [0.717, 1.165) is 36.4 Å². The Morgan fingerprint density at radius 1 is 1.15 bits per heavy atom.